The van der Waals surface area contributed by atoms with Crippen molar-refractivity contribution in [2.24, 2.45) is 9.98 Å². The molecular weight excluding hydrogens is 424 g/mol. The number of hydrogen-bond donors (Lipinski definition) is 1. The summed E-state index contributed by atoms with van der Waals surface area (Å²) >= 11 is 0. The van der Waals surface area contributed by atoms with E-state index in [1.54, 1.807) is 0 Å². The van der Waals surface area contributed by atoms with Gasteiger partial charge in [0, 0.05) is 26.0 Å². The number of nitrogens with zero attached hydrogens (tertiary/aromatic N) is 4. The van der Waals surface area contributed by atoms with Crippen molar-refractivity contribution in [3.63, 3.8) is 0 Å². The van der Waals surface area contributed by atoms with E-state index in [1.807, 2.05) is 5.32 Å². The Kier molecular flexibility index (Phi) is 6.71. The molecule has 1 N–H and O–H groups in total. The zero-order chi connectivity index (χ0) is 22.0. The molecule has 0 amide bonds. The van der Waals surface area contributed by atoms with E-state index >= 15 is 0 Å². The molecule has 1 aliphatic heterocycles. The molecule has 1 aliphatic rings. The third kappa shape index (κ3) is 5.14. The van der Waals surface area contributed by atoms with Gasteiger partial charge in [-0.25, -0.2) is 4.99 Å². The largest absolute Gasteiger partial charge is 0.432 e. The Balaban J connectivity index is 2.43. The molecule has 0 fully saturated rings. The van der Waals surface area contributed by atoms with Crippen LogP contribution in [0.25, 0.3) is 0 Å². The van der Waals surface area contributed by atoms with Gasteiger partial charge in [0.2, 0.25) is 0 Å². The number of amidine groups is 2. The van der Waals surface area contributed by atoms with Crippen LogP contribution in [0.2, 0.25) is 0 Å². The first-order chi connectivity index (χ1) is 13.4. The second kappa shape index (κ2) is 8.51. The molecule has 1 aromatic rings. The Morgan fingerprint density at radius 2 is 2.00 bits per heavy atom. The molecule has 0 spiro atoms. The minimum atomic E-state index is -4.67. The number of halogens is 6. The van der Waals surface area contributed by atoms with Gasteiger partial charge < -0.3 is 10.2 Å². The molecule has 0 saturated heterocycles. The summed E-state index contributed by atoms with van der Waals surface area (Å²) in [6.07, 6.45) is -8.10. The van der Waals surface area contributed by atoms with Crippen molar-refractivity contribution in [3.8, 4) is 0 Å². The number of allylic oxidation sites excluding steroid dienone is 1. The van der Waals surface area contributed by atoms with Crippen LogP contribution in [-0.2, 0) is 17.0 Å². The summed E-state index contributed by atoms with van der Waals surface area (Å²) in [6, 6.07) is 0.746. The van der Waals surface area contributed by atoms with Gasteiger partial charge in [-0.05, 0) is 6.07 Å². The molecule has 0 saturated carbocycles. The fraction of sp³-hybridized carbons (Fsp3) is 0.438. The van der Waals surface area contributed by atoms with Crippen molar-refractivity contribution in [2.75, 3.05) is 26.4 Å². The molecule has 0 aromatic carbocycles. The molecule has 1 atom stereocenters. The molecule has 0 aliphatic carbocycles. The van der Waals surface area contributed by atoms with Crippen molar-refractivity contribution in [1.82, 2.24) is 15.2 Å². The standard InChI is InChI=1S/C16H17F6N5OS/c1-4-29(28)10-5-9(15(17,18)19)6-25-13(10)14-26-8-12(27(14)3)24-7-11(23-2)16(20,21)22/h5-7,23H,4,8H2,1-3H3/b11-7-,24-12?. The summed E-state index contributed by atoms with van der Waals surface area (Å²) < 4.78 is 89.5. The number of hydrogen-bond acceptors (Lipinski definition) is 5. The Labute approximate surface area is 164 Å². The first-order valence-corrected chi connectivity index (χ1v) is 9.48. The van der Waals surface area contributed by atoms with E-state index in [-0.39, 0.29) is 34.6 Å². The maximum absolute atomic E-state index is 13.0. The van der Waals surface area contributed by atoms with Crippen molar-refractivity contribution in [1.29, 1.82) is 0 Å². The number of alkyl halides is 6. The minimum Gasteiger partial charge on any atom is -0.383 e. The summed E-state index contributed by atoms with van der Waals surface area (Å²) in [6.45, 7) is 1.42. The highest BCUT2D eigenvalue weighted by atomic mass is 32.2. The van der Waals surface area contributed by atoms with Gasteiger partial charge in [0.15, 0.2) is 5.84 Å². The topological polar surface area (TPSA) is 69.9 Å². The number of aromatic nitrogens is 1. The molecular formula is C16H17F6N5OS. The second-order valence-electron chi connectivity index (χ2n) is 5.74. The van der Waals surface area contributed by atoms with Crippen LogP contribution in [0.4, 0.5) is 26.3 Å². The van der Waals surface area contributed by atoms with Gasteiger partial charge in [-0.1, -0.05) is 6.92 Å². The van der Waals surface area contributed by atoms with E-state index in [4.69, 9.17) is 0 Å². The zero-order valence-electron chi connectivity index (χ0n) is 15.5. The number of likely N-dealkylation sites (N-methyl/N-ethyl adjacent to an activating group) is 1. The summed E-state index contributed by atoms with van der Waals surface area (Å²) in [5, 5.41) is 1.99. The fourth-order valence-electron chi connectivity index (χ4n) is 2.36. The van der Waals surface area contributed by atoms with Gasteiger partial charge in [-0.3, -0.25) is 14.2 Å². The maximum atomic E-state index is 13.0. The van der Waals surface area contributed by atoms with Gasteiger partial charge in [0.25, 0.3) is 0 Å². The van der Waals surface area contributed by atoms with Gasteiger partial charge >= 0.3 is 12.4 Å². The minimum absolute atomic E-state index is 0.0421. The Morgan fingerprint density at radius 1 is 1.34 bits per heavy atom. The van der Waals surface area contributed by atoms with Gasteiger partial charge in [-0.2, -0.15) is 26.3 Å². The molecule has 1 unspecified atom stereocenters. The number of aliphatic imine (C=N–C) groups is 2. The predicted octanol–water partition coefficient (Wildman–Crippen LogP) is 2.94. The third-order valence-electron chi connectivity index (χ3n) is 3.89. The van der Waals surface area contributed by atoms with E-state index in [2.05, 4.69) is 15.0 Å². The summed E-state index contributed by atoms with van der Waals surface area (Å²) in [5.74, 6) is 0.237. The summed E-state index contributed by atoms with van der Waals surface area (Å²) in [7, 11) is 0.755. The van der Waals surface area contributed by atoms with Crippen LogP contribution in [0.5, 0.6) is 0 Å². The number of nitrogens with one attached hydrogen (secondary N) is 1. The lowest BCUT2D eigenvalue weighted by molar-refractivity contribution is -0.138. The Morgan fingerprint density at radius 3 is 2.52 bits per heavy atom. The highest BCUT2D eigenvalue weighted by Crippen LogP contribution is 2.31. The third-order valence-corrected chi connectivity index (χ3v) is 5.22. The molecule has 6 nitrogen and oxygen atoms in total. The first kappa shape index (κ1) is 22.8. The fourth-order valence-corrected chi connectivity index (χ4v) is 3.29. The van der Waals surface area contributed by atoms with E-state index in [0.717, 1.165) is 13.1 Å². The number of pyridine rings is 1. The van der Waals surface area contributed by atoms with Crippen molar-refractivity contribution in [3.05, 3.63) is 35.4 Å². The second-order valence-corrected chi connectivity index (χ2v) is 7.45. The smallest absolute Gasteiger partial charge is 0.383 e. The predicted molar refractivity (Wildman–Crippen MR) is 96.0 cm³/mol. The van der Waals surface area contributed by atoms with Crippen molar-refractivity contribution >= 4 is 22.5 Å². The van der Waals surface area contributed by atoms with Crippen LogP contribution >= 0.6 is 0 Å². The van der Waals surface area contributed by atoms with Crippen molar-refractivity contribution < 1.29 is 30.6 Å². The van der Waals surface area contributed by atoms with E-state index < -0.39 is 34.4 Å². The molecule has 1 aromatic heterocycles. The molecule has 2 rings (SSSR count). The Hall–Kier alpha value is -2.44. The monoisotopic (exact) mass is 441 g/mol. The van der Waals surface area contributed by atoms with Crippen LogP contribution in [0.15, 0.2) is 39.0 Å². The van der Waals surface area contributed by atoms with Crippen LogP contribution in [0.3, 0.4) is 0 Å². The van der Waals surface area contributed by atoms with Crippen molar-refractivity contribution in [2.45, 2.75) is 24.2 Å². The van der Waals surface area contributed by atoms with E-state index in [0.29, 0.717) is 12.4 Å². The average Bonchev–Trinajstić information content (AvgIpc) is 2.99. The lowest BCUT2D eigenvalue weighted by Crippen LogP contribution is -2.31. The molecule has 13 heteroatoms. The SMILES string of the molecule is CCS(=O)c1cc(C(F)(F)F)cnc1C1=NCC(=N/C=C(\NC)C(F)(F)F)N1C. The van der Waals surface area contributed by atoms with Crippen LogP contribution in [0.1, 0.15) is 18.2 Å². The van der Waals surface area contributed by atoms with Crippen LogP contribution in [-0.4, -0.2) is 58.3 Å². The highest BCUT2D eigenvalue weighted by Gasteiger charge is 2.35. The maximum Gasteiger partial charge on any atom is 0.432 e. The summed E-state index contributed by atoms with van der Waals surface area (Å²) in [5.41, 5.74) is -2.17. The van der Waals surface area contributed by atoms with Crippen LogP contribution < -0.4 is 5.32 Å². The molecule has 0 bridgehead atoms. The van der Waals surface area contributed by atoms with E-state index in [1.165, 1.54) is 18.9 Å². The molecule has 160 valence electrons. The quantitative estimate of drug-likeness (QED) is 0.714. The number of rotatable bonds is 5. The lowest BCUT2D eigenvalue weighted by Gasteiger charge is -2.18. The average molecular weight is 441 g/mol. The molecule has 2 heterocycles. The van der Waals surface area contributed by atoms with Gasteiger partial charge in [0.05, 0.1) is 34.0 Å². The van der Waals surface area contributed by atoms with Gasteiger partial charge in [0.1, 0.15) is 17.2 Å². The normalized spacial score (nSPS) is 18.2. The van der Waals surface area contributed by atoms with Gasteiger partial charge in [-0.15, -0.1) is 0 Å². The Bertz CT molecular complexity index is 891. The van der Waals surface area contributed by atoms with E-state index in [9.17, 15) is 30.6 Å². The lowest BCUT2D eigenvalue weighted by atomic mass is 10.2. The summed E-state index contributed by atoms with van der Waals surface area (Å²) in [4.78, 5) is 12.8. The zero-order valence-corrected chi connectivity index (χ0v) is 16.3. The molecule has 29 heavy (non-hydrogen) atoms. The first-order valence-electron chi connectivity index (χ1n) is 8.16. The highest BCUT2D eigenvalue weighted by molar-refractivity contribution is 7.85. The van der Waals surface area contributed by atoms with Crippen LogP contribution in [0, 0.1) is 0 Å². The molecule has 0 radical (unpaired) electrons.